The number of nitrogens with zero attached hydrogens (tertiary/aromatic N) is 4. The van der Waals surface area contributed by atoms with Crippen molar-refractivity contribution in [2.24, 2.45) is 5.92 Å². The fraction of sp³-hybridized carbons (Fsp3) is 0.600. The molecule has 2 aromatic rings. The summed E-state index contributed by atoms with van der Waals surface area (Å²) >= 11 is 1.54. The van der Waals surface area contributed by atoms with Crippen LogP contribution in [0.1, 0.15) is 47.2 Å². The van der Waals surface area contributed by atoms with Crippen LogP contribution >= 0.6 is 11.3 Å². The minimum atomic E-state index is -0.373. The van der Waals surface area contributed by atoms with Crippen molar-refractivity contribution >= 4 is 17.2 Å². The van der Waals surface area contributed by atoms with Gasteiger partial charge in [-0.1, -0.05) is 13.8 Å². The third-order valence-electron chi connectivity index (χ3n) is 3.52. The van der Waals surface area contributed by atoms with Crippen molar-refractivity contribution < 1.29 is 13.9 Å². The number of aryl methyl sites for hydroxylation is 1. The van der Waals surface area contributed by atoms with Gasteiger partial charge in [0.2, 0.25) is 11.8 Å². The first-order valence-corrected chi connectivity index (χ1v) is 8.56. The molecule has 0 saturated carbocycles. The highest BCUT2D eigenvalue weighted by molar-refractivity contribution is 7.09. The SMILES string of the molecule is Cc1nnc([C@H]2CN(C(=O)c3csc(CC(C)C)n3)CCO2)o1. The van der Waals surface area contributed by atoms with Crippen LogP contribution in [-0.2, 0) is 11.2 Å². The van der Waals surface area contributed by atoms with Crippen LogP contribution < -0.4 is 0 Å². The molecule has 7 nitrogen and oxygen atoms in total. The summed E-state index contributed by atoms with van der Waals surface area (Å²) < 4.78 is 11.0. The Balaban J connectivity index is 1.68. The Hall–Kier alpha value is -1.80. The van der Waals surface area contributed by atoms with Crippen LogP contribution in [0.15, 0.2) is 9.80 Å². The molecule has 1 aliphatic heterocycles. The van der Waals surface area contributed by atoms with E-state index in [0.29, 0.717) is 43.1 Å². The maximum Gasteiger partial charge on any atom is 0.273 e. The highest BCUT2D eigenvalue weighted by Crippen LogP contribution is 2.23. The molecule has 124 valence electrons. The monoisotopic (exact) mass is 336 g/mol. The van der Waals surface area contributed by atoms with E-state index in [1.54, 1.807) is 11.8 Å². The molecular formula is C15H20N4O3S. The second-order valence-electron chi connectivity index (χ2n) is 5.99. The van der Waals surface area contributed by atoms with E-state index < -0.39 is 0 Å². The molecule has 0 bridgehead atoms. The lowest BCUT2D eigenvalue weighted by molar-refractivity contribution is -0.0350. The summed E-state index contributed by atoms with van der Waals surface area (Å²) in [5.41, 5.74) is 0.507. The molecule has 1 amide bonds. The number of aromatic nitrogens is 3. The lowest BCUT2D eigenvalue weighted by Gasteiger charge is -2.30. The van der Waals surface area contributed by atoms with Gasteiger partial charge in [-0.15, -0.1) is 21.5 Å². The first-order chi connectivity index (χ1) is 11.0. The van der Waals surface area contributed by atoms with E-state index in [0.717, 1.165) is 11.4 Å². The Bertz CT molecular complexity index is 682. The van der Waals surface area contributed by atoms with Crippen LogP contribution in [0.3, 0.4) is 0 Å². The topological polar surface area (TPSA) is 81.4 Å². The van der Waals surface area contributed by atoms with Gasteiger partial charge < -0.3 is 14.1 Å². The zero-order valence-electron chi connectivity index (χ0n) is 13.5. The number of carbonyl (C=O) groups excluding carboxylic acids is 1. The van der Waals surface area contributed by atoms with Crippen LogP contribution in [-0.4, -0.2) is 45.7 Å². The summed E-state index contributed by atoms with van der Waals surface area (Å²) in [6, 6.07) is 0. The van der Waals surface area contributed by atoms with Gasteiger partial charge in [0.05, 0.1) is 18.2 Å². The maximum atomic E-state index is 12.6. The third-order valence-corrected chi connectivity index (χ3v) is 4.40. The number of carbonyl (C=O) groups is 1. The van der Waals surface area contributed by atoms with Crippen LogP contribution in [0, 0.1) is 12.8 Å². The molecule has 1 aliphatic rings. The number of thiazole rings is 1. The molecule has 0 radical (unpaired) electrons. The molecule has 1 saturated heterocycles. The quantitative estimate of drug-likeness (QED) is 0.852. The lowest BCUT2D eigenvalue weighted by Crippen LogP contribution is -2.42. The summed E-state index contributed by atoms with van der Waals surface area (Å²) in [6.45, 7) is 7.40. The van der Waals surface area contributed by atoms with Crippen LogP contribution in [0.25, 0.3) is 0 Å². The third kappa shape index (κ3) is 3.76. The number of hydrogen-bond acceptors (Lipinski definition) is 7. The Labute approximate surface area is 138 Å². The van der Waals surface area contributed by atoms with Crippen molar-refractivity contribution in [1.82, 2.24) is 20.1 Å². The van der Waals surface area contributed by atoms with Gasteiger partial charge >= 0.3 is 0 Å². The summed E-state index contributed by atoms with van der Waals surface area (Å²) in [6.07, 6.45) is 0.521. The molecule has 8 heteroatoms. The average molecular weight is 336 g/mol. The Morgan fingerprint density at radius 1 is 1.48 bits per heavy atom. The first-order valence-electron chi connectivity index (χ1n) is 7.68. The maximum absolute atomic E-state index is 12.6. The summed E-state index contributed by atoms with van der Waals surface area (Å²) in [5.74, 6) is 1.36. The van der Waals surface area contributed by atoms with Crippen molar-refractivity contribution in [1.29, 1.82) is 0 Å². The molecule has 23 heavy (non-hydrogen) atoms. The number of rotatable bonds is 4. The second-order valence-corrected chi connectivity index (χ2v) is 6.94. The van der Waals surface area contributed by atoms with Gasteiger partial charge in [-0.05, 0) is 5.92 Å². The van der Waals surface area contributed by atoms with Crippen molar-refractivity contribution in [3.05, 3.63) is 27.9 Å². The zero-order chi connectivity index (χ0) is 16.4. The lowest BCUT2D eigenvalue weighted by atomic mass is 10.1. The summed E-state index contributed by atoms with van der Waals surface area (Å²) in [7, 11) is 0. The Morgan fingerprint density at radius 3 is 3.00 bits per heavy atom. The first kappa shape index (κ1) is 16.1. The zero-order valence-corrected chi connectivity index (χ0v) is 14.3. The van der Waals surface area contributed by atoms with Crippen molar-refractivity contribution in [2.75, 3.05) is 19.7 Å². The molecule has 1 atom stereocenters. The van der Waals surface area contributed by atoms with E-state index in [1.807, 2.05) is 5.38 Å². The normalized spacial score (nSPS) is 18.6. The highest BCUT2D eigenvalue weighted by atomic mass is 32.1. The van der Waals surface area contributed by atoms with Crippen molar-refractivity contribution in [2.45, 2.75) is 33.3 Å². The predicted molar refractivity (Wildman–Crippen MR) is 84.3 cm³/mol. The van der Waals surface area contributed by atoms with Crippen LogP contribution in [0.2, 0.25) is 0 Å². The molecule has 3 heterocycles. The molecule has 3 rings (SSSR count). The molecule has 0 spiro atoms. The van der Waals surface area contributed by atoms with E-state index in [1.165, 1.54) is 11.3 Å². The Kier molecular flexibility index (Phi) is 4.72. The summed E-state index contributed by atoms with van der Waals surface area (Å²) in [5, 5.41) is 10.6. The fourth-order valence-corrected chi connectivity index (χ4v) is 3.42. The molecule has 1 fully saturated rings. The van der Waals surface area contributed by atoms with Crippen molar-refractivity contribution in [3.8, 4) is 0 Å². The van der Waals surface area contributed by atoms with Gasteiger partial charge in [0.15, 0.2) is 6.10 Å². The Morgan fingerprint density at radius 2 is 2.30 bits per heavy atom. The number of ether oxygens (including phenoxy) is 1. The van der Waals surface area contributed by atoms with Gasteiger partial charge in [0, 0.05) is 25.3 Å². The molecule has 0 aromatic carbocycles. The minimum Gasteiger partial charge on any atom is -0.423 e. The highest BCUT2D eigenvalue weighted by Gasteiger charge is 2.30. The van der Waals surface area contributed by atoms with E-state index in [-0.39, 0.29) is 12.0 Å². The van der Waals surface area contributed by atoms with Gasteiger partial charge in [-0.2, -0.15) is 0 Å². The van der Waals surface area contributed by atoms with Crippen molar-refractivity contribution in [3.63, 3.8) is 0 Å². The summed E-state index contributed by atoms with van der Waals surface area (Å²) in [4.78, 5) is 18.8. The number of hydrogen-bond donors (Lipinski definition) is 0. The largest absolute Gasteiger partial charge is 0.423 e. The molecule has 2 aromatic heterocycles. The molecule has 0 N–H and O–H groups in total. The van der Waals surface area contributed by atoms with Gasteiger partial charge in [0.1, 0.15) is 5.69 Å². The van der Waals surface area contributed by atoms with Crippen LogP contribution in [0.5, 0.6) is 0 Å². The minimum absolute atomic E-state index is 0.0687. The average Bonchev–Trinajstić information content (AvgIpc) is 3.15. The fourth-order valence-electron chi connectivity index (χ4n) is 2.44. The van der Waals surface area contributed by atoms with Gasteiger partial charge in [-0.3, -0.25) is 4.79 Å². The molecular weight excluding hydrogens is 316 g/mol. The smallest absolute Gasteiger partial charge is 0.273 e. The molecule has 0 aliphatic carbocycles. The van der Waals surface area contributed by atoms with Gasteiger partial charge in [-0.25, -0.2) is 4.98 Å². The number of amides is 1. The van der Waals surface area contributed by atoms with E-state index in [2.05, 4.69) is 29.0 Å². The standard InChI is InChI=1S/C15H20N4O3S/c1-9(2)6-13-16-11(8-23-13)15(20)19-4-5-21-12(7-19)14-18-17-10(3)22-14/h8-9,12H,4-7H2,1-3H3/t12-/m1/s1. The predicted octanol–water partition coefficient (Wildman–Crippen LogP) is 2.25. The van der Waals surface area contributed by atoms with Gasteiger partial charge in [0.25, 0.3) is 5.91 Å². The van der Waals surface area contributed by atoms with E-state index >= 15 is 0 Å². The molecule has 0 unspecified atom stereocenters. The van der Waals surface area contributed by atoms with E-state index in [4.69, 9.17) is 9.15 Å². The van der Waals surface area contributed by atoms with E-state index in [9.17, 15) is 4.79 Å². The second kappa shape index (κ2) is 6.76. The van der Waals surface area contributed by atoms with Crippen LogP contribution in [0.4, 0.5) is 0 Å². The number of morpholine rings is 1.